The van der Waals surface area contributed by atoms with Crippen LogP contribution in [0.1, 0.15) is 11.3 Å². The topological polar surface area (TPSA) is 79.0 Å². The Kier molecular flexibility index (Phi) is 6.73. The SMILES string of the molecule is CN=C(NCc1ccc(Oc2ccc(F)cc2)nc1)N1CCN(Cc2ccon2)CC1. The van der Waals surface area contributed by atoms with Crippen LogP contribution >= 0.6 is 0 Å². The normalized spacial score (nSPS) is 15.2. The predicted octanol–water partition coefficient (Wildman–Crippen LogP) is 2.89. The summed E-state index contributed by atoms with van der Waals surface area (Å²) in [6.45, 7) is 5.06. The van der Waals surface area contributed by atoms with Crippen molar-refractivity contribution in [2.75, 3.05) is 33.2 Å². The van der Waals surface area contributed by atoms with Crippen molar-refractivity contribution in [2.45, 2.75) is 13.1 Å². The highest BCUT2D eigenvalue weighted by atomic mass is 19.1. The van der Waals surface area contributed by atoms with Crippen LogP contribution in [-0.4, -0.2) is 59.1 Å². The third-order valence-corrected chi connectivity index (χ3v) is 5.04. The predicted molar refractivity (Wildman–Crippen MR) is 114 cm³/mol. The van der Waals surface area contributed by atoms with Gasteiger partial charge in [-0.25, -0.2) is 9.37 Å². The molecule has 0 atom stereocenters. The summed E-state index contributed by atoms with van der Waals surface area (Å²) in [5.74, 6) is 1.57. The van der Waals surface area contributed by atoms with Gasteiger partial charge in [0.15, 0.2) is 5.96 Å². The van der Waals surface area contributed by atoms with Crippen molar-refractivity contribution < 1.29 is 13.7 Å². The van der Waals surface area contributed by atoms with Gasteiger partial charge in [0.1, 0.15) is 17.8 Å². The van der Waals surface area contributed by atoms with Crippen molar-refractivity contribution in [1.29, 1.82) is 0 Å². The number of rotatable bonds is 6. The molecule has 0 bridgehead atoms. The quantitative estimate of drug-likeness (QED) is 0.481. The maximum Gasteiger partial charge on any atom is 0.219 e. The number of aliphatic imine (C=N–C) groups is 1. The molecule has 1 fully saturated rings. The van der Waals surface area contributed by atoms with Gasteiger partial charge in [-0.3, -0.25) is 9.89 Å². The van der Waals surface area contributed by atoms with Gasteiger partial charge in [-0.2, -0.15) is 0 Å². The van der Waals surface area contributed by atoms with Gasteiger partial charge in [-0.05, 0) is 29.8 Å². The van der Waals surface area contributed by atoms with Gasteiger partial charge in [0.2, 0.25) is 5.88 Å². The van der Waals surface area contributed by atoms with E-state index in [2.05, 4.69) is 30.2 Å². The average molecular weight is 424 g/mol. The summed E-state index contributed by atoms with van der Waals surface area (Å²) in [6, 6.07) is 11.5. The van der Waals surface area contributed by atoms with Gasteiger partial charge in [-0.1, -0.05) is 11.2 Å². The van der Waals surface area contributed by atoms with E-state index >= 15 is 0 Å². The number of hydrogen-bond acceptors (Lipinski definition) is 6. The van der Waals surface area contributed by atoms with E-state index in [0.29, 0.717) is 18.2 Å². The fourth-order valence-corrected chi connectivity index (χ4v) is 3.38. The highest BCUT2D eigenvalue weighted by Crippen LogP contribution is 2.19. The van der Waals surface area contributed by atoms with Crippen molar-refractivity contribution >= 4 is 5.96 Å². The van der Waals surface area contributed by atoms with Crippen LogP contribution in [0.15, 0.2) is 64.4 Å². The van der Waals surface area contributed by atoms with Gasteiger partial charge in [0, 0.05) is 64.6 Å². The van der Waals surface area contributed by atoms with E-state index in [1.54, 1.807) is 37.7 Å². The molecule has 8 nitrogen and oxygen atoms in total. The number of nitrogens with one attached hydrogen (secondary N) is 1. The lowest BCUT2D eigenvalue weighted by molar-refractivity contribution is 0.169. The van der Waals surface area contributed by atoms with Crippen molar-refractivity contribution in [1.82, 2.24) is 25.3 Å². The molecule has 0 radical (unpaired) electrons. The largest absolute Gasteiger partial charge is 0.439 e. The molecular weight excluding hydrogens is 399 g/mol. The Labute approximate surface area is 180 Å². The van der Waals surface area contributed by atoms with Gasteiger partial charge in [0.05, 0.1) is 5.69 Å². The number of halogens is 1. The number of nitrogens with zero attached hydrogens (tertiary/aromatic N) is 5. The molecule has 3 heterocycles. The zero-order valence-corrected chi connectivity index (χ0v) is 17.4. The van der Waals surface area contributed by atoms with Crippen LogP contribution < -0.4 is 10.1 Å². The van der Waals surface area contributed by atoms with Gasteiger partial charge in [0.25, 0.3) is 0 Å². The molecule has 31 heavy (non-hydrogen) atoms. The summed E-state index contributed by atoms with van der Waals surface area (Å²) in [5.41, 5.74) is 1.97. The Balaban J connectivity index is 1.24. The summed E-state index contributed by atoms with van der Waals surface area (Å²) >= 11 is 0. The molecular formula is C22H25FN6O2. The molecule has 0 spiro atoms. The third-order valence-electron chi connectivity index (χ3n) is 5.04. The van der Waals surface area contributed by atoms with Crippen molar-refractivity contribution in [2.24, 2.45) is 4.99 Å². The number of guanidine groups is 1. The Morgan fingerprint density at radius 2 is 1.94 bits per heavy atom. The fourth-order valence-electron chi connectivity index (χ4n) is 3.38. The van der Waals surface area contributed by atoms with Crippen LogP contribution in [0.2, 0.25) is 0 Å². The van der Waals surface area contributed by atoms with E-state index in [4.69, 9.17) is 9.26 Å². The molecule has 9 heteroatoms. The number of aromatic nitrogens is 2. The second kappa shape index (κ2) is 10.0. The molecule has 0 aliphatic carbocycles. The van der Waals surface area contributed by atoms with E-state index in [1.807, 2.05) is 12.1 Å². The van der Waals surface area contributed by atoms with Crippen LogP contribution in [0.25, 0.3) is 0 Å². The number of benzene rings is 1. The molecule has 0 amide bonds. The van der Waals surface area contributed by atoms with Gasteiger partial charge in [-0.15, -0.1) is 0 Å². The first-order chi connectivity index (χ1) is 15.2. The molecule has 0 unspecified atom stereocenters. The lowest BCUT2D eigenvalue weighted by Gasteiger charge is -2.36. The highest BCUT2D eigenvalue weighted by molar-refractivity contribution is 5.80. The molecule has 1 N–H and O–H groups in total. The Morgan fingerprint density at radius 1 is 1.13 bits per heavy atom. The number of pyridine rings is 1. The first-order valence-corrected chi connectivity index (χ1v) is 10.1. The molecule has 2 aromatic heterocycles. The second-order valence-electron chi connectivity index (χ2n) is 7.22. The average Bonchev–Trinajstić information content (AvgIpc) is 3.31. The van der Waals surface area contributed by atoms with Gasteiger partial charge < -0.3 is 19.5 Å². The van der Waals surface area contributed by atoms with Gasteiger partial charge >= 0.3 is 0 Å². The highest BCUT2D eigenvalue weighted by Gasteiger charge is 2.20. The molecule has 4 rings (SSSR count). The minimum Gasteiger partial charge on any atom is -0.439 e. The summed E-state index contributed by atoms with van der Waals surface area (Å²) < 4.78 is 23.5. The first kappa shape index (κ1) is 20.8. The zero-order valence-electron chi connectivity index (χ0n) is 17.4. The lowest BCUT2D eigenvalue weighted by atomic mass is 10.2. The first-order valence-electron chi connectivity index (χ1n) is 10.1. The van der Waals surface area contributed by atoms with Crippen LogP contribution in [0, 0.1) is 5.82 Å². The third kappa shape index (κ3) is 5.79. The molecule has 162 valence electrons. The standard InChI is InChI=1S/C22H25FN6O2/c1-24-22(29-11-9-28(10-12-29)16-19-8-13-30-27-19)26-15-17-2-7-21(25-14-17)31-20-5-3-18(23)4-6-20/h2-8,13-14H,9-12,15-16H2,1H3,(H,24,26). The van der Waals surface area contributed by atoms with E-state index in [0.717, 1.165) is 49.9 Å². The van der Waals surface area contributed by atoms with Crippen LogP contribution in [0.3, 0.4) is 0 Å². The monoisotopic (exact) mass is 424 g/mol. The zero-order chi connectivity index (χ0) is 21.5. The molecule has 1 aromatic carbocycles. The molecule has 0 saturated carbocycles. The van der Waals surface area contributed by atoms with E-state index in [1.165, 1.54) is 12.1 Å². The smallest absolute Gasteiger partial charge is 0.219 e. The molecule has 1 aliphatic rings. The maximum absolute atomic E-state index is 13.0. The Hall–Kier alpha value is -3.46. The minimum atomic E-state index is -0.300. The summed E-state index contributed by atoms with van der Waals surface area (Å²) in [4.78, 5) is 13.3. The van der Waals surface area contributed by atoms with E-state index in [9.17, 15) is 4.39 Å². The van der Waals surface area contributed by atoms with Crippen LogP contribution in [0.4, 0.5) is 4.39 Å². The number of ether oxygens (including phenoxy) is 1. The van der Waals surface area contributed by atoms with Crippen molar-refractivity contribution in [3.05, 3.63) is 72.0 Å². The fraction of sp³-hybridized carbons (Fsp3) is 0.318. The number of piperazine rings is 1. The summed E-state index contributed by atoms with van der Waals surface area (Å²) in [5, 5.41) is 7.38. The summed E-state index contributed by atoms with van der Waals surface area (Å²) in [7, 11) is 1.79. The minimum absolute atomic E-state index is 0.300. The Bertz CT molecular complexity index is 968. The van der Waals surface area contributed by atoms with Crippen LogP contribution in [0.5, 0.6) is 11.6 Å². The maximum atomic E-state index is 13.0. The van der Waals surface area contributed by atoms with E-state index < -0.39 is 0 Å². The lowest BCUT2D eigenvalue weighted by Crippen LogP contribution is -2.52. The van der Waals surface area contributed by atoms with Crippen molar-refractivity contribution in [3.8, 4) is 11.6 Å². The molecule has 3 aromatic rings. The molecule has 1 saturated heterocycles. The summed E-state index contributed by atoms with van der Waals surface area (Å²) in [6.07, 6.45) is 3.36. The van der Waals surface area contributed by atoms with Crippen molar-refractivity contribution in [3.63, 3.8) is 0 Å². The Morgan fingerprint density at radius 3 is 2.58 bits per heavy atom. The van der Waals surface area contributed by atoms with E-state index in [-0.39, 0.29) is 5.82 Å². The number of hydrogen-bond donors (Lipinski definition) is 1. The van der Waals surface area contributed by atoms with Crippen LogP contribution in [-0.2, 0) is 13.1 Å². The second-order valence-corrected chi connectivity index (χ2v) is 7.22. The molecule has 1 aliphatic heterocycles.